The van der Waals surface area contributed by atoms with Gasteiger partial charge in [-0.05, 0) is 18.9 Å². The number of carbonyl (C=O) groups is 1. The highest BCUT2D eigenvalue weighted by molar-refractivity contribution is 6.11. The first-order valence-corrected chi connectivity index (χ1v) is 10.0. The van der Waals surface area contributed by atoms with Crippen LogP contribution in [0.3, 0.4) is 0 Å². The molecule has 0 radical (unpaired) electrons. The monoisotopic (exact) mass is 385 g/mol. The quantitative estimate of drug-likeness (QED) is 0.200. The molecular formula is C23H31NO4. The summed E-state index contributed by atoms with van der Waals surface area (Å²) >= 11 is 0. The number of nitro benzene ring substituents is 1. The van der Waals surface area contributed by atoms with Gasteiger partial charge in [0.05, 0.1) is 4.92 Å². The first-order valence-electron chi connectivity index (χ1n) is 10.0. The molecule has 5 heteroatoms. The van der Waals surface area contributed by atoms with Gasteiger partial charge in [0, 0.05) is 24.8 Å². The molecular weight excluding hydrogens is 354 g/mol. The Morgan fingerprint density at radius 1 is 0.857 bits per heavy atom. The zero-order valence-corrected chi connectivity index (χ0v) is 16.9. The lowest BCUT2D eigenvalue weighted by molar-refractivity contribution is -0.385. The lowest BCUT2D eigenvalue weighted by atomic mass is 10.0. The second-order valence-corrected chi connectivity index (χ2v) is 6.50. The third-order valence-electron chi connectivity index (χ3n) is 4.17. The Hall–Kier alpha value is -2.53. The molecule has 2 aromatic carbocycles. The molecule has 0 aromatic heterocycles. The minimum atomic E-state index is -0.545. The topological polar surface area (TPSA) is 69.4 Å². The van der Waals surface area contributed by atoms with E-state index < -0.39 is 4.92 Å². The summed E-state index contributed by atoms with van der Waals surface area (Å²) in [4.78, 5) is 22.3. The second-order valence-electron chi connectivity index (χ2n) is 6.50. The fourth-order valence-corrected chi connectivity index (χ4v) is 2.58. The predicted molar refractivity (Wildman–Crippen MR) is 113 cm³/mol. The third kappa shape index (κ3) is 8.91. The number of ketones is 1. The first kappa shape index (κ1) is 23.5. The van der Waals surface area contributed by atoms with Crippen LogP contribution in [0.15, 0.2) is 54.6 Å². The smallest absolute Gasteiger partial charge is 0.280 e. The maximum absolute atomic E-state index is 12.1. The zero-order valence-electron chi connectivity index (χ0n) is 16.9. The van der Waals surface area contributed by atoms with Crippen LogP contribution in [0, 0.1) is 10.1 Å². The van der Waals surface area contributed by atoms with E-state index in [1.165, 1.54) is 50.7 Å². The van der Waals surface area contributed by atoms with Crippen LogP contribution in [0.2, 0.25) is 0 Å². The second kappa shape index (κ2) is 14.5. The van der Waals surface area contributed by atoms with Crippen molar-refractivity contribution < 1.29 is 14.5 Å². The highest BCUT2D eigenvalue weighted by Gasteiger charge is 2.19. The van der Waals surface area contributed by atoms with E-state index in [4.69, 9.17) is 4.74 Å². The molecule has 0 N–H and O–H groups in total. The Labute approximate surface area is 167 Å². The Morgan fingerprint density at radius 2 is 1.39 bits per heavy atom. The van der Waals surface area contributed by atoms with Crippen LogP contribution >= 0.6 is 0 Å². The Morgan fingerprint density at radius 3 is 1.93 bits per heavy atom. The average molecular weight is 386 g/mol. The standard InChI is InChI=1S/C13H9NO3.C10H22O/c15-13(10-6-2-1-3-7-10)11-8-4-5-9-12(11)14(16)17;1-3-5-7-9-11-10-8-6-4-2/h1-9H;3-10H2,1-2H3. The van der Waals surface area contributed by atoms with Gasteiger partial charge in [-0.15, -0.1) is 0 Å². The van der Waals surface area contributed by atoms with Crippen LogP contribution < -0.4 is 0 Å². The zero-order chi connectivity index (χ0) is 20.6. The number of ether oxygens (including phenoxy) is 1. The maximum atomic E-state index is 12.1. The van der Waals surface area contributed by atoms with Crippen LogP contribution in [-0.2, 0) is 4.74 Å². The number of hydrogen-bond donors (Lipinski definition) is 0. The first-order chi connectivity index (χ1) is 13.6. The number of para-hydroxylation sites is 1. The van der Waals surface area contributed by atoms with Crippen molar-refractivity contribution >= 4 is 11.5 Å². The molecule has 0 aliphatic rings. The fraction of sp³-hybridized carbons (Fsp3) is 0.435. The summed E-state index contributed by atoms with van der Waals surface area (Å²) < 4.78 is 5.44. The van der Waals surface area contributed by atoms with E-state index in [-0.39, 0.29) is 17.0 Å². The molecule has 5 nitrogen and oxygen atoms in total. The van der Waals surface area contributed by atoms with E-state index in [0.717, 1.165) is 13.2 Å². The molecule has 0 bridgehead atoms. The summed E-state index contributed by atoms with van der Waals surface area (Å²) in [6.07, 6.45) is 7.68. The van der Waals surface area contributed by atoms with Gasteiger partial charge in [0.1, 0.15) is 5.56 Å². The number of benzene rings is 2. The maximum Gasteiger partial charge on any atom is 0.280 e. The minimum absolute atomic E-state index is 0.115. The fourth-order valence-electron chi connectivity index (χ4n) is 2.58. The lowest BCUT2D eigenvalue weighted by Gasteiger charge is -2.01. The molecule has 0 fully saturated rings. The number of rotatable bonds is 11. The summed E-state index contributed by atoms with van der Waals surface area (Å²) in [6, 6.07) is 14.5. The van der Waals surface area contributed by atoms with E-state index in [1.807, 2.05) is 0 Å². The van der Waals surface area contributed by atoms with Crippen molar-refractivity contribution in [1.29, 1.82) is 0 Å². The number of unbranched alkanes of at least 4 members (excludes halogenated alkanes) is 4. The van der Waals surface area contributed by atoms with Crippen molar-refractivity contribution in [1.82, 2.24) is 0 Å². The van der Waals surface area contributed by atoms with E-state index in [1.54, 1.807) is 42.5 Å². The molecule has 0 aliphatic heterocycles. The van der Waals surface area contributed by atoms with Crippen molar-refractivity contribution in [2.75, 3.05) is 13.2 Å². The van der Waals surface area contributed by atoms with E-state index in [0.29, 0.717) is 5.56 Å². The molecule has 0 amide bonds. The van der Waals surface area contributed by atoms with Crippen molar-refractivity contribution in [2.45, 2.75) is 52.4 Å². The third-order valence-corrected chi connectivity index (χ3v) is 4.17. The number of carbonyl (C=O) groups excluding carboxylic acids is 1. The van der Waals surface area contributed by atoms with Gasteiger partial charge in [-0.1, -0.05) is 82.0 Å². The van der Waals surface area contributed by atoms with Gasteiger partial charge in [0.25, 0.3) is 5.69 Å². The molecule has 2 aromatic rings. The average Bonchev–Trinajstić information content (AvgIpc) is 2.73. The molecule has 28 heavy (non-hydrogen) atoms. The van der Waals surface area contributed by atoms with E-state index in [9.17, 15) is 14.9 Å². The summed E-state index contributed by atoms with van der Waals surface area (Å²) in [7, 11) is 0. The Balaban J connectivity index is 0.000000311. The normalized spacial score (nSPS) is 10.1. The number of nitrogens with zero attached hydrogens (tertiary/aromatic N) is 1. The molecule has 0 aliphatic carbocycles. The predicted octanol–water partition coefficient (Wildman–Crippen LogP) is 6.21. The minimum Gasteiger partial charge on any atom is -0.381 e. The van der Waals surface area contributed by atoms with Gasteiger partial charge < -0.3 is 4.74 Å². The highest BCUT2D eigenvalue weighted by Crippen LogP contribution is 2.20. The van der Waals surface area contributed by atoms with Crippen molar-refractivity contribution in [3.63, 3.8) is 0 Å². The van der Waals surface area contributed by atoms with E-state index in [2.05, 4.69) is 13.8 Å². The van der Waals surface area contributed by atoms with E-state index >= 15 is 0 Å². The highest BCUT2D eigenvalue weighted by atomic mass is 16.6. The van der Waals surface area contributed by atoms with Gasteiger partial charge in [-0.3, -0.25) is 14.9 Å². The number of hydrogen-bond acceptors (Lipinski definition) is 4. The summed E-state index contributed by atoms with van der Waals surface area (Å²) in [6.45, 7) is 6.38. The van der Waals surface area contributed by atoms with Crippen molar-refractivity contribution in [3.05, 3.63) is 75.8 Å². The van der Waals surface area contributed by atoms with Crippen molar-refractivity contribution in [3.8, 4) is 0 Å². The Bertz CT molecular complexity index is 693. The van der Waals surface area contributed by atoms with Gasteiger partial charge in [0.15, 0.2) is 5.78 Å². The SMILES string of the molecule is CCCCCOCCCCC.O=C(c1ccccc1)c1ccccc1[N+](=O)[O-]. The largest absolute Gasteiger partial charge is 0.381 e. The molecule has 2 rings (SSSR count). The van der Waals surface area contributed by atoms with Crippen molar-refractivity contribution in [2.24, 2.45) is 0 Å². The molecule has 152 valence electrons. The van der Waals surface area contributed by atoms with Gasteiger partial charge >= 0.3 is 0 Å². The summed E-state index contributed by atoms with van der Waals surface area (Å²) in [5.41, 5.74) is 0.395. The number of nitro groups is 1. The lowest BCUT2D eigenvalue weighted by Crippen LogP contribution is -2.04. The Kier molecular flexibility index (Phi) is 12.2. The molecule has 0 heterocycles. The molecule has 0 spiro atoms. The molecule has 0 atom stereocenters. The van der Waals surface area contributed by atoms with Crippen LogP contribution in [-0.4, -0.2) is 23.9 Å². The van der Waals surface area contributed by atoms with Crippen LogP contribution in [0.4, 0.5) is 5.69 Å². The molecule has 0 saturated carbocycles. The van der Waals surface area contributed by atoms with Gasteiger partial charge in [0.2, 0.25) is 0 Å². The van der Waals surface area contributed by atoms with Crippen LogP contribution in [0.25, 0.3) is 0 Å². The molecule has 0 saturated heterocycles. The van der Waals surface area contributed by atoms with Gasteiger partial charge in [-0.2, -0.15) is 0 Å². The van der Waals surface area contributed by atoms with Crippen LogP contribution in [0.1, 0.15) is 68.3 Å². The molecule has 0 unspecified atom stereocenters. The summed E-state index contributed by atoms with van der Waals surface area (Å²) in [5, 5.41) is 10.8. The van der Waals surface area contributed by atoms with Crippen LogP contribution in [0.5, 0.6) is 0 Å². The van der Waals surface area contributed by atoms with Gasteiger partial charge in [-0.25, -0.2) is 0 Å². The summed E-state index contributed by atoms with van der Waals surface area (Å²) in [5.74, 6) is -0.335.